The molecule has 1 aromatic carbocycles. The van der Waals surface area contributed by atoms with Crippen molar-refractivity contribution in [3.63, 3.8) is 0 Å². The second-order valence-electron chi connectivity index (χ2n) is 6.44. The largest absolute Gasteiger partial charge is 0.331 e. The van der Waals surface area contributed by atoms with Gasteiger partial charge in [-0.2, -0.15) is 5.10 Å². The first-order valence-electron chi connectivity index (χ1n) is 8.14. The maximum atomic E-state index is 12.9. The van der Waals surface area contributed by atoms with E-state index in [2.05, 4.69) is 17.2 Å². The first-order valence-corrected chi connectivity index (χ1v) is 8.14. The third-order valence-electron chi connectivity index (χ3n) is 4.97. The van der Waals surface area contributed by atoms with E-state index < -0.39 is 0 Å². The normalized spacial score (nSPS) is 20.4. The summed E-state index contributed by atoms with van der Waals surface area (Å²) in [5, 5.41) is 4.25. The number of carbonyl (C=O) groups is 1. The summed E-state index contributed by atoms with van der Waals surface area (Å²) in [4.78, 5) is 15.0. The molecule has 4 nitrogen and oxygen atoms in total. The predicted octanol–water partition coefficient (Wildman–Crippen LogP) is 2.89. The minimum absolute atomic E-state index is 0.168. The Balaban J connectivity index is 1.61. The number of fused-ring (bicyclic) bond motifs is 1. The van der Waals surface area contributed by atoms with Crippen molar-refractivity contribution >= 4 is 5.91 Å². The van der Waals surface area contributed by atoms with Gasteiger partial charge in [0.1, 0.15) is 0 Å². The molecule has 114 valence electrons. The van der Waals surface area contributed by atoms with E-state index >= 15 is 0 Å². The summed E-state index contributed by atoms with van der Waals surface area (Å²) in [5.41, 5.74) is 4.77. The predicted molar refractivity (Wildman–Crippen MR) is 84.7 cm³/mol. The minimum Gasteiger partial charge on any atom is -0.331 e. The molecule has 2 aliphatic rings. The molecular weight excluding hydrogens is 274 g/mol. The summed E-state index contributed by atoms with van der Waals surface area (Å²) in [6.45, 7) is 0.843. The van der Waals surface area contributed by atoms with E-state index in [0.29, 0.717) is 0 Å². The van der Waals surface area contributed by atoms with E-state index in [1.807, 2.05) is 35.1 Å². The number of amides is 1. The Morgan fingerprint density at radius 2 is 2.09 bits per heavy atom. The second-order valence-corrected chi connectivity index (χ2v) is 6.44. The molecule has 1 unspecified atom stereocenters. The van der Waals surface area contributed by atoms with Gasteiger partial charge in [0.2, 0.25) is 0 Å². The topological polar surface area (TPSA) is 38.1 Å². The molecule has 1 aromatic heterocycles. The van der Waals surface area contributed by atoms with Crippen LogP contribution in [-0.2, 0) is 19.9 Å². The van der Waals surface area contributed by atoms with Gasteiger partial charge in [0.15, 0.2) is 0 Å². The molecule has 4 rings (SSSR count). The van der Waals surface area contributed by atoms with E-state index in [4.69, 9.17) is 0 Å². The molecule has 4 heteroatoms. The lowest BCUT2D eigenvalue weighted by Crippen LogP contribution is -2.30. The lowest BCUT2D eigenvalue weighted by atomic mass is 10.0. The fourth-order valence-corrected chi connectivity index (χ4v) is 3.84. The molecule has 0 saturated carbocycles. The Hall–Kier alpha value is -2.10. The Morgan fingerprint density at radius 3 is 2.91 bits per heavy atom. The van der Waals surface area contributed by atoms with Crippen molar-refractivity contribution in [3.05, 3.63) is 52.8 Å². The van der Waals surface area contributed by atoms with Gasteiger partial charge in [-0.3, -0.25) is 9.48 Å². The summed E-state index contributed by atoms with van der Waals surface area (Å²) in [6, 6.07) is 6.44. The summed E-state index contributed by atoms with van der Waals surface area (Å²) < 4.78 is 1.81. The second kappa shape index (κ2) is 5.27. The molecular formula is C18H21N3O. The van der Waals surface area contributed by atoms with Gasteiger partial charge in [-0.25, -0.2) is 0 Å². The van der Waals surface area contributed by atoms with Crippen LogP contribution in [0.3, 0.4) is 0 Å². The highest BCUT2D eigenvalue weighted by Crippen LogP contribution is 2.33. The zero-order valence-electron chi connectivity index (χ0n) is 13.0. The van der Waals surface area contributed by atoms with Gasteiger partial charge in [-0.1, -0.05) is 6.07 Å². The quantitative estimate of drug-likeness (QED) is 0.854. The highest BCUT2D eigenvalue weighted by molar-refractivity contribution is 5.95. The molecule has 1 saturated heterocycles. The van der Waals surface area contributed by atoms with Crippen LogP contribution in [-0.4, -0.2) is 27.1 Å². The lowest BCUT2D eigenvalue weighted by molar-refractivity contribution is 0.0735. The number of nitrogens with zero attached hydrogens (tertiary/aromatic N) is 3. The summed E-state index contributed by atoms with van der Waals surface area (Å²) >= 11 is 0. The van der Waals surface area contributed by atoms with Crippen molar-refractivity contribution in [2.75, 3.05) is 6.54 Å². The molecule has 0 spiro atoms. The number of carbonyl (C=O) groups excluding carboxylic acids is 1. The third-order valence-corrected chi connectivity index (χ3v) is 4.97. The maximum Gasteiger partial charge on any atom is 0.254 e. The summed E-state index contributed by atoms with van der Waals surface area (Å²) in [5.74, 6) is 0.168. The van der Waals surface area contributed by atoms with Crippen LogP contribution in [0.4, 0.5) is 0 Å². The summed E-state index contributed by atoms with van der Waals surface area (Å²) in [6.07, 6.45) is 9.50. The highest BCUT2D eigenvalue weighted by Gasteiger charge is 2.31. The van der Waals surface area contributed by atoms with Crippen LogP contribution in [0.1, 0.15) is 52.4 Å². The average Bonchev–Trinajstić information content (AvgIpc) is 3.25. The van der Waals surface area contributed by atoms with Crippen LogP contribution in [0.5, 0.6) is 0 Å². The first-order chi connectivity index (χ1) is 10.7. The summed E-state index contributed by atoms with van der Waals surface area (Å²) in [7, 11) is 1.92. The van der Waals surface area contributed by atoms with Crippen LogP contribution >= 0.6 is 0 Å². The minimum atomic E-state index is 0.168. The zero-order chi connectivity index (χ0) is 15.1. The first kappa shape index (κ1) is 13.6. The van der Waals surface area contributed by atoms with Crippen LogP contribution < -0.4 is 0 Å². The SMILES string of the molecule is Cn1cc(C2CCCN2C(=O)c2ccc3c(c2)CCC3)cn1. The molecule has 0 N–H and O–H groups in total. The number of hydrogen-bond donors (Lipinski definition) is 0. The van der Waals surface area contributed by atoms with Gasteiger partial charge in [-0.15, -0.1) is 0 Å². The molecule has 1 aliphatic heterocycles. The van der Waals surface area contributed by atoms with Crippen molar-refractivity contribution in [2.45, 2.75) is 38.1 Å². The van der Waals surface area contributed by atoms with Gasteiger partial charge in [0.25, 0.3) is 5.91 Å². The van der Waals surface area contributed by atoms with Crippen molar-refractivity contribution in [1.29, 1.82) is 0 Å². The van der Waals surface area contributed by atoms with E-state index in [-0.39, 0.29) is 11.9 Å². The highest BCUT2D eigenvalue weighted by atomic mass is 16.2. The van der Waals surface area contributed by atoms with Gasteiger partial charge in [0, 0.05) is 30.9 Å². The molecule has 2 aromatic rings. The molecule has 0 bridgehead atoms. The molecule has 22 heavy (non-hydrogen) atoms. The molecule has 1 fully saturated rings. The molecule has 1 amide bonds. The van der Waals surface area contributed by atoms with Crippen LogP contribution in [0.2, 0.25) is 0 Å². The molecule has 1 aliphatic carbocycles. The number of aromatic nitrogens is 2. The molecule has 0 radical (unpaired) electrons. The van der Waals surface area contributed by atoms with Crippen molar-refractivity contribution in [1.82, 2.24) is 14.7 Å². The third kappa shape index (κ3) is 2.23. The number of benzene rings is 1. The van der Waals surface area contributed by atoms with E-state index in [1.165, 1.54) is 17.5 Å². The van der Waals surface area contributed by atoms with Crippen molar-refractivity contribution < 1.29 is 4.79 Å². The molecule has 1 atom stereocenters. The number of aryl methyl sites for hydroxylation is 3. The molecule has 2 heterocycles. The fourth-order valence-electron chi connectivity index (χ4n) is 3.84. The van der Waals surface area contributed by atoms with E-state index in [9.17, 15) is 4.79 Å². The zero-order valence-corrected chi connectivity index (χ0v) is 13.0. The van der Waals surface area contributed by atoms with E-state index in [1.54, 1.807) is 0 Å². The smallest absolute Gasteiger partial charge is 0.254 e. The maximum absolute atomic E-state index is 12.9. The van der Waals surface area contributed by atoms with Gasteiger partial charge < -0.3 is 4.90 Å². The lowest BCUT2D eigenvalue weighted by Gasteiger charge is -2.24. The number of hydrogen-bond acceptors (Lipinski definition) is 2. The van der Waals surface area contributed by atoms with Crippen molar-refractivity contribution in [2.24, 2.45) is 7.05 Å². The van der Waals surface area contributed by atoms with Crippen LogP contribution in [0, 0.1) is 0 Å². The average molecular weight is 295 g/mol. The van der Waals surface area contributed by atoms with Crippen LogP contribution in [0.15, 0.2) is 30.6 Å². The fraction of sp³-hybridized carbons (Fsp3) is 0.444. The Labute approximate surface area is 130 Å². The monoisotopic (exact) mass is 295 g/mol. The Kier molecular flexibility index (Phi) is 3.25. The number of likely N-dealkylation sites (tertiary alicyclic amines) is 1. The standard InChI is InChI=1S/C18H21N3O/c1-20-12-16(11-19-20)17-6-3-9-21(17)18(22)15-8-7-13-4-2-5-14(13)10-15/h7-8,10-12,17H,2-6,9H2,1H3. The van der Waals surface area contributed by atoms with Gasteiger partial charge in [-0.05, 0) is 55.4 Å². The van der Waals surface area contributed by atoms with Crippen LogP contribution in [0.25, 0.3) is 0 Å². The van der Waals surface area contributed by atoms with Gasteiger partial charge >= 0.3 is 0 Å². The van der Waals surface area contributed by atoms with Crippen molar-refractivity contribution in [3.8, 4) is 0 Å². The number of rotatable bonds is 2. The Bertz CT molecular complexity index is 719. The Morgan fingerprint density at radius 1 is 1.23 bits per heavy atom. The van der Waals surface area contributed by atoms with E-state index in [0.717, 1.165) is 43.4 Å². The van der Waals surface area contributed by atoms with Gasteiger partial charge in [0.05, 0.1) is 12.2 Å².